The molecule has 9 heteroatoms. The zero-order valence-corrected chi connectivity index (χ0v) is 20.7. The lowest BCUT2D eigenvalue weighted by atomic mass is 9.80. The lowest BCUT2D eigenvalue weighted by Gasteiger charge is -2.33. The Labute approximate surface area is 204 Å². The smallest absolute Gasteiger partial charge is 0.161 e. The maximum absolute atomic E-state index is 10.3. The van der Waals surface area contributed by atoms with Crippen LogP contribution in [0.1, 0.15) is 24.8 Å². The Hall–Kier alpha value is -0.800. The first kappa shape index (κ1) is 27.4. The number of β-amino-alcohol motifs (C(OH)–C–C–N with tert-alkyl or cyclic N) is 1. The molecule has 3 aliphatic rings. The summed E-state index contributed by atoms with van der Waals surface area (Å²) in [5.74, 6) is 1.43. The molecule has 0 aromatic heterocycles. The highest BCUT2D eigenvalue weighted by Gasteiger charge is 2.39. The number of benzene rings is 1. The molecule has 0 saturated carbocycles. The molecule has 0 amide bonds. The molecule has 1 aromatic carbocycles. The van der Waals surface area contributed by atoms with Crippen molar-refractivity contribution in [2.24, 2.45) is 5.41 Å². The van der Waals surface area contributed by atoms with E-state index in [1.165, 1.54) is 24.8 Å². The van der Waals surface area contributed by atoms with Crippen LogP contribution < -0.4 is 14.8 Å². The molecule has 3 heterocycles. The molecule has 0 radical (unpaired) electrons. The first-order chi connectivity index (χ1) is 14.7. The van der Waals surface area contributed by atoms with E-state index in [4.69, 9.17) is 14.2 Å². The van der Waals surface area contributed by atoms with Crippen molar-refractivity contribution in [3.05, 3.63) is 23.8 Å². The van der Waals surface area contributed by atoms with Crippen LogP contribution in [0.5, 0.6) is 11.5 Å². The monoisotopic (exact) mass is 491 g/mol. The van der Waals surface area contributed by atoms with Crippen LogP contribution in [-0.2, 0) is 11.3 Å². The Morgan fingerprint density at radius 2 is 1.81 bits per heavy atom. The Kier molecular flexibility index (Phi) is 11.3. The molecule has 3 fully saturated rings. The van der Waals surface area contributed by atoms with Crippen molar-refractivity contribution in [2.75, 3.05) is 72.7 Å². The summed E-state index contributed by atoms with van der Waals surface area (Å²) in [7, 11) is 1.68. The second-order valence-corrected chi connectivity index (χ2v) is 9.07. The molecule has 1 unspecified atom stereocenters. The SMILES string of the molecule is COc1cc(CN2CCC3(CCOCC3)C2)ccc1OCC(O)CN1CCNCC1.Cl.Cl. The molecule has 4 rings (SSSR count). The van der Waals surface area contributed by atoms with Gasteiger partial charge in [-0.25, -0.2) is 0 Å². The third kappa shape index (κ3) is 7.35. The summed E-state index contributed by atoms with van der Waals surface area (Å²) in [5.41, 5.74) is 1.70. The minimum atomic E-state index is -0.507. The molecule has 0 aliphatic carbocycles. The Morgan fingerprint density at radius 1 is 1.06 bits per heavy atom. The van der Waals surface area contributed by atoms with E-state index >= 15 is 0 Å². The Balaban J connectivity index is 0.00000181. The number of hydrogen-bond acceptors (Lipinski definition) is 7. The van der Waals surface area contributed by atoms with E-state index in [2.05, 4.69) is 27.2 Å². The van der Waals surface area contributed by atoms with Gasteiger partial charge in [0, 0.05) is 59.0 Å². The zero-order valence-electron chi connectivity index (χ0n) is 19.1. The van der Waals surface area contributed by atoms with E-state index in [1.54, 1.807) is 7.11 Å². The number of nitrogens with zero attached hydrogens (tertiary/aromatic N) is 2. The summed E-state index contributed by atoms with van der Waals surface area (Å²) >= 11 is 0. The molecule has 184 valence electrons. The standard InChI is InChI=1S/C23H37N3O4.2ClH/c1-28-22-14-19(15-26-9-4-23(18-26)5-12-29-13-6-23)2-3-21(22)30-17-20(27)16-25-10-7-24-8-11-25;;/h2-3,14,20,24,27H,4-13,15-18H2,1H3;2*1H. The number of aliphatic hydroxyl groups excluding tert-OH is 1. The van der Waals surface area contributed by atoms with E-state index in [1.807, 2.05) is 6.07 Å². The first-order valence-electron chi connectivity index (χ1n) is 11.4. The van der Waals surface area contributed by atoms with Crippen molar-refractivity contribution in [1.29, 1.82) is 0 Å². The van der Waals surface area contributed by atoms with E-state index in [9.17, 15) is 5.11 Å². The fourth-order valence-electron chi connectivity index (χ4n) is 4.99. The number of nitrogens with one attached hydrogen (secondary N) is 1. The van der Waals surface area contributed by atoms with Crippen molar-refractivity contribution in [3.8, 4) is 11.5 Å². The quantitative estimate of drug-likeness (QED) is 0.577. The number of likely N-dealkylation sites (tertiary alicyclic amines) is 1. The van der Waals surface area contributed by atoms with E-state index < -0.39 is 6.10 Å². The van der Waals surface area contributed by atoms with Gasteiger partial charge >= 0.3 is 0 Å². The van der Waals surface area contributed by atoms with Gasteiger partial charge in [0.1, 0.15) is 12.7 Å². The summed E-state index contributed by atoms with van der Waals surface area (Å²) in [6.45, 7) is 9.89. The number of aliphatic hydroxyl groups is 1. The maximum atomic E-state index is 10.3. The first-order valence-corrected chi connectivity index (χ1v) is 11.4. The van der Waals surface area contributed by atoms with Crippen LogP contribution in [-0.4, -0.2) is 93.8 Å². The van der Waals surface area contributed by atoms with Crippen LogP contribution in [0.15, 0.2) is 18.2 Å². The van der Waals surface area contributed by atoms with Gasteiger partial charge in [-0.1, -0.05) is 6.07 Å². The summed E-state index contributed by atoms with van der Waals surface area (Å²) in [6, 6.07) is 6.18. The van der Waals surface area contributed by atoms with Crippen molar-refractivity contribution < 1.29 is 19.3 Å². The normalized spacial score (nSPS) is 22.1. The number of piperazine rings is 1. The second-order valence-electron chi connectivity index (χ2n) is 9.07. The molecule has 0 bridgehead atoms. The largest absolute Gasteiger partial charge is 0.493 e. The van der Waals surface area contributed by atoms with Crippen LogP contribution in [0, 0.1) is 5.41 Å². The number of halogens is 2. The number of methoxy groups -OCH3 is 1. The highest BCUT2D eigenvalue weighted by molar-refractivity contribution is 5.85. The third-order valence-corrected chi connectivity index (χ3v) is 6.81. The van der Waals surface area contributed by atoms with Crippen molar-refractivity contribution in [2.45, 2.75) is 31.9 Å². The molecule has 1 aromatic rings. The molecule has 3 aliphatic heterocycles. The van der Waals surface area contributed by atoms with Gasteiger partial charge in [0.25, 0.3) is 0 Å². The van der Waals surface area contributed by atoms with Crippen LogP contribution in [0.2, 0.25) is 0 Å². The van der Waals surface area contributed by atoms with Gasteiger partial charge in [-0.15, -0.1) is 24.8 Å². The van der Waals surface area contributed by atoms with Crippen LogP contribution in [0.4, 0.5) is 0 Å². The molecule has 1 spiro atoms. The average molecular weight is 492 g/mol. The number of rotatable bonds is 8. The minimum absolute atomic E-state index is 0. The van der Waals surface area contributed by atoms with Crippen LogP contribution in [0.25, 0.3) is 0 Å². The zero-order chi connectivity index (χ0) is 20.8. The molecule has 32 heavy (non-hydrogen) atoms. The molecule has 2 N–H and O–H groups in total. The molecule has 1 atom stereocenters. The van der Waals surface area contributed by atoms with Crippen molar-refractivity contribution >= 4 is 24.8 Å². The Bertz CT molecular complexity index is 685. The second kappa shape index (κ2) is 13.2. The van der Waals surface area contributed by atoms with Gasteiger partial charge in [0.15, 0.2) is 11.5 Å². The lowest BCUT2D eigenvalue weighted by molar-refractivity contribution is 0.0190. The van der Waals surface area contributed by atoms with Crippen molar-refractivity contribution in [3.63, 3.8) is 0 Å². The van der Waals surface area contributed by atoms with Gasteiger partial charge in [0.2, 0.25) is 0 Å². The van der Waals surface area contributed by atoms with Crippen LogP contribution >= 0.6 is 24.8 Å². The minimum Gasteiger partial charge on any atom is -0.493 e. The highest BCUT2D eigenvalue weighted by atomic mass is 35.5. The topological polar surface area (TPSA) is 66.4 Å². The van der Waals surface area contributed by atoms with Gasteiger partial charge in [-0.3, -0.25) is 9.80 Å². The fourth-order valence-corrected chi connectivity index (χ4v) is 4.99. The average Bonchev–Trinajstić information content (AvgIpc) is 3.15. The maximum Gasteiger partial charge on any atom is 0.161 e. The van der Waals surface area contributed by atoms with E-state index in [0.29, 0.717) is 17.7 Å². The number of hydrogen-bond donors (Lipinski definition) is 2. The summed E-state index contributed by atoms with van der Waals surface area (Å²) < 4.78 is 17.0. The van der Waals surface area contributed by atoms with Gasteiger partial charge in [-0.2, -0.15) is 0 Å². The van der Waals surface area contributed by atoms with E-state index in [-0.39, 0.29) is 31.4 Å². The van der Waals surface area contributed by atoms with Crippen molar-refractivity contribution in [1.82, 2.24) is 15.1 Å². The number of ether oxygens (including phenoxy) is 3. The Morgan fingerprint density at radius 3 is 2.53 bits per heavy atom. The molecular weight excluding hydrogens is 453 g/mol. The predicted octanol–water partition coefficient (Wildman–Crippen LogP) is 2.19. The summed E-state index contributed by atoms with van der Waals surface area (Å²) in [5, 5.41) is 13.7. The molecule has 3 saturated heterocycles. The molecular formula is C23H39Cl2N3O4. The summed E-state index contributed by atoms with van der Waals surface area (Å²) in [4.78, 5) is 4.82. The lowest BCUT2D eigenvalue weighted by Crippen LogP contribution is -2.47. The van der Waals surface area contributed by atoms with Crippen LogP contribution in [0.3, 0.4) is 0 Å². The van der Waals surface area contributed by atoms with Gasteiger partial charge in [-0.05, 0) is 48.9 Å². The van der Waals surface area contributed by atoms with Gasteiger partial charge < -0.3 is 24.6 Å². The summed E-state index contributed by atoms with van der Waals surface area (Å²) in [6.07, 6.45) is 3.15. The van der Waals surface area contributed by atoms with E-state index in [0.717, 1.165) is 64.8 Å². The van der Waals surface area contributed by atoms with Gasteiger partial charge in [0.05, 0.1) is 7.11 Å². The third-order valence-electron chi connectivity index (χ3n) is 6.81. The fraction of sp³-hybridized carbons (Fsp3) is 0.739. The predicted molar refractivity (Wildman–Crippen MR) is 131 cm³/mol. The molecule has 7 nitrogen and oxygen atoms in total. The highest BCUT2D eigenvalue weighted by Crippen LogP contribution is 2.40.